The van der Waals surface area contributed by atoms with E-state index in [1.54, 1.807) is 0 Å². The van der Waals surface area contributed by atoms with Crippen LogP contribution >= 0.6 is 11.6 Å². The van der Waals surface area contributed by atoms with Gasteiger partial charge in [-0.2, -0.15) is 0 Å². The molecule has 3 aromatic rings. The molecule has 0 saturated carbocycles. The first-order valence-corrected chi connectivity index (χ1v) is 9.83. The number of benzene rings is 3. The minimum absolute atomic E-state index is 0.123. The fourth-order valence-corrected chi connectivity index (χ4v) is 3.93. The number of nitrogens with zero attached hydrogens (tertiary/aromatic N) is 1. The van der Waals surface area contributed by atoms with Crippen molar-refractivity contribution in [2.24, 2.45) is 5.92 Å². The lowest BCUT2D eigenvalue weighted by Crippen LogP contribution is -2.32. The Hall–Kier alpha value is -2.52. The number of carbonyl (C=O) groups is 1. The molecular weight excluding hydrogens is 356 g/mol. The molecule has 1 aliphatic rings. The van der Waals surface area contributed by atoms with Gasteiger partial charge in [-0.25, -0.2) is 0 Å². The van der Waals surface area contributed by atoms with E-state index < -0.39 is 0 Å². The van der Waals surface area contributed by atoms with Crippen molar-refractivity contribution in [3.63, 3.8) is 0 Å². The van der Waals surface area contributed by atoms with Gasteiger partial charge in [-0.3, -0.25) is 4.79 Å². The summed E-state index contributed by atoms with van der Waals surface area (Å²) >= 11 is 6.26. The summed E-state index contributed by atoms with van der Waals surface area (Å²) in [6.07, 6.45) is 2.48. The summed E-state index contributed by atoms with van der Waals surface area (Å²) in [5.74, 6) is 0.691. The number of nitrogens with one attached hydrogen (secondary N) is 1. The number of hydrogen-bond acceptors (Lipinski definition) is 2. The van der Waals surface area contributed by atoms with Crippen LogP contribution < -0.4 is 10.2 Å². The van der Waals surface area contributed by atoms with Crippen LogP contribution in [-0.4, -0.2) is 19.0 Å². The molecule has 1 aliphatic heterocycles. The van der Waals surface area contributed by atoms with Crippen molar-refractivity contribution in [2.45, 2.75) is 19.8 Å². The predicted octanol–water partition coefficient (Wildman–Crippen LogP) is 5.98. The van der Waals surface area contributed by atoms with Gasteiger partial charge >= 0.3 is 0 Å². The third-order valence-corrected chi connectivity index (χ3v) is 5.72. The van der Waals surface area contributed by atoms with Crippen LogP contribution in [0.1, 0.15) is 30.1 Å². The van der Waals surface area contributed by atoms with E-state index >= 15 is 0 Å². The maximum atomic E-state index is 12.8. The molecule has 0 atom stereocenters. The maximum Gasteiger partial charge on any atom is 0.256 e. The van der Waals surface area contributed by atoms with E-state index in [4.69, 9.17) is 11.6 Å². The molecule has 0 spiro atoms. The van der Waals surface area contributed by atoms with Crippen LogP contribution in [0.3, 0.4) is 0 Å². The highest BCUT2D eigenvalue weighted by molar-refractivity contribution is 6.36. The Morgan fingerprint density at radius 3 is 2.37 bits per heavy atom. The third-order valence-electron chi connectivity index (χ3n) is 5.39. The molecule has 3 nitrogen and oxygen atoms in total. The van der Waals surface area contributed by atoms with Crippen LogP contribution in [-0.2, 0) is 0 Å². The van der Waals surface area contributed by atoms with Gasteiger partial charge in [0.15, 0.2) is 0 Å². The van der Waals surface area contributed by atoms with Crippen LogP contribution in [0.5, 0.6) is 0 Å². The molecule has 1 heterocycles. The number of fused-ring (bicyclic) bond motifs is 1. The number of carbonyl (C=O) groups excluding carboxylic acids is 1. The van der Waals surface area contributed by atoms with Crippen LogP contribution in [0.15, 0.2) is 60.7 Å². The highest BCUT2D eigenvalue weighted by Crippen LogP contribution is 2.27. The number of halogens is 1. The monoisotopic (exact) mass is 378 g/mol. The molecule has 4 rings (SSSR count). The van der Waals surface area contributed by atoms with Crippen LogP contribution in [0, 0.1) is 5.92 Å². The molecule has 1 fully saturated rings. The smallest absolute Gasteiger partial charge is 0.256 e. The summed E-state index contributed by atoms with van der Waals surface area (Å²) < 4.78 is 0. The van der Waals surface area contributed by atoms with E-state index in [0.29, 0.717) is 10.6 Å². The average Bonchev–Trinajstić information content (AvgIpc) is 2.69. The molecule has 1 N–H and O–H groups in total. The summed E-state index contributed by atoms with van der Waals surface area (Å²) in [4.78, 5) is 15.2. The lowest BCUT2D eigenvalue weighted by molar-refractivity contribution is 0.102. The van der Waals surface area contributed by atoms with Gasteiger partial charge in [0.05, 0.1) is 0 Å². The second-order valence-electron chi connectivity index (χ2n) is 7.31. The van der Waals surface area contributed by atoms with Gasteiger partial charge in [0.2, 0.25) is 0 Å². The minimum Gasteiger partial charge on any atom is -0.372 e. The van der Waals surface area contributed by atoms with Crippen molar-refractivity contribution in [3.8, 4) is 0 Å². The fraction of sp³-hybridized carbons (Fsp3) is 0.261. The number of amides is 1. The van der Waals surface area contributed by atoms with Gasteiger partial charge < -0.3 is 10.2 Å². The number of piperidine rings is 1. The third kappa shape index (κ3) is 3.79. The second-order valence-corrected chi connectivity index (χ2v) is 7.72. The van der Waals surface area contributed by atoms with Crippen molar-refractivity contribution in [1.29, 1.82) is 0 Å². The summed E-state index contributed by atoms with van der Waals surface area (Å²) in [6.45, 7) is 4.52. The number of rotatable bonds is 3. The lowest BCUT2D eigenvalue weighted by Gasteiger charge is -2.32. The Bertz CT molecular complexity index is 960. The molecule has 0 unspecified atom stereocenters. The Balaban J connectivity index is 1.51. The van der Waals surface area contributed by atoms with Crippen LogP contribution in [0.4, 0.5) is 11.4 Å². The van der Waals surface area contributed by atoms with Crippen molar-refractivity contribution >= 4 is 39.7 Å². The van der Waals surface area contributed by atoms with E-state index in [-0.39, 0.29) is 5.91 Å². The van der Waals surface area contributed by atoms with E-state index in [2.05, 4.69) is 29.3 Å². The first-order valence-electron chi connectivity index (χ1n) is 9.45. The standard InChI is InChI=1S/C23H23ClN2O/c1-16-12-14-26(15-13-16)18-10-8-17(9-11-18)25-23(27)21-6-2-5-20-19(21)4-3-7-22(20)24/h2-11,16H,12-15H2,1H3,(H,25,27). The summed E-state index contributed by atoms with van der Waals surface area (Å²) in [5, 5.41) is 5.41. The highest BCUT2D eigenvalue weighted by atomic mass is 35.5. The molecule has 4 heteroatoms. The molecule has 138 valence electrons. The first kappa shape index (κ1) is 17.9. The van der Waals surface area contributed by atoms with Gasteiger partial charge in [-0.05, 0) is 60.5 Å². The zero-order valence-electron chi connectivity index (χ0n) is 15.4. The highest BCUT2D eigenvalue weighted by Gasteiger charge is 2.16. The van der Waals surface area contributed by atoms with Gasteiger partial charge in [0, 0.05) is 40.4 Å². The zero-order chi connectivity index (χ0) is 18.8. The Morgan fingerprint density at radius 1 is 0.963 bits per heavy atom. The quantitative estimate of drug-likeness (QED) is 0.607. The molecular formula is C23H23ClN2O. The van der Waals surface area contributed by atoms with Gasteiger partial charge in [0.1, 0.15) is 0 Å². The van der Waals surface area contributed by atoms with Crippen LogP contribution in [0.2, 0.25) is 5.02 Å². The average molecular weight is 379 g/mol. The van der Waals surface area contributed by atoms with E-state index in [9.17, 15) is 4.79 Å². The van der Waals surface area contributed by atoms with Gasteiger partial charge in [0.25, 0.3) is 5.91 Å². The summed E-state index contributed by atoms with van der Waals surface area (Å²) in [7, 11) is 0. The van der Waals surface area contributed by atoms with Crippen molar-refractivity contribution < 1.29 is 4.79 Å². The second kappa shape index (κ2) is 7.61. The van der Waals surface area contributed by atoms with Crippen molar-refractivity contribution in [2.75, 3.05) is 23.3 Å². The van der Waals surface area contributed by atoms with E-state index in [0.717, 1.165) is 35.5 Å². The molecule has 0 bridgehead atoms. The molecule has 0 radical (unpaired) electrons. The molecule has 0 aromatic heterocycles. The number of anilines is 2. The molecule has 1 saturated heterocycles. The lowest BCUT2D eigenvalue weighted by atomic mass is 9.99. The topological polar surface area (TPSA) is 32.3 Å². The summed E-state index contributed by atoms with van der Waals surface area (Å²) in [6, 6.07) is 19.4. The van der Waals surface area contributed by atoms with E-state index in [1.165, 1.54) is 18.5 Å². The van der Waals surface area contributed by atoms with Crippen LogP contribution in [0.25, 0.3) is 10.8 Å². The minimum atomic E-state index is -0.123. The fourth-order valence-electron chi connectivity index (χ4n) is 3.69. The van der Waals surface area contributed by atoms with Gasteiger partial charge in [-0.15, -0.1) is 0 Å². The normalized spacial score (nSPS) is 15.1. The largest absolute Gasteiger partial charge is 0.372 e. The van der Waals surface area contributed by atoms with Crippen molar-refractivity contribution in [1.82, 2.24) is 0 Å². The Labute approximate surface area is 164 Å². The molecule has 3 aromatic carbocycles. The first-order chi connectivity index (χ1) is 13.1. The summed E-state index contributed by atoms with van der Waals surface area (Å²) in [5.41, 5.74) is 2.65. The van der Waals surface area contributed by atoms with Crippen molar-refractivity contribution in [3.05, 3.63) is 71.2 Å². The number of hydrogen-bond donors (Lipinski definition) is 1. The Morgan fingerprint density at radius 2 is 1.63 bits per heavy atom. The SMILES string of the molecule is CC1CCN(c2ccc(NC(=O)c3cccc4c(Cl)cccc34)cc2)CC1. The molecule has 1 amide bonds. The predicted molar refractivity (Wildman–Crippen MR) is 114 cm³/mol. The zero-order valence-corrected chi connectivity index (χ0v) is 16.2. The maximum absolute atomic E-state index is 12.8. The van der Waals surface area contributed by atoms with Gasteiger partial charge in [-0.1, -0.05) is 42.8 Å². The van der Waals surface area contributed by atoms with E-state index in [1.807, 2.05) is 48.5 Å². The molecule has 0 aliphatic carbocycles. The Kier molecular flexibility index (Phi) is 5.04. The molecule has 27 heavy (non-hydrogen) atoms.